The van der Waals surface area contributed by atoms with Crippen LogP contribution < -0.4 is 0 Å². The summed E-state index contributed by atoms with van der Waals surface area (Å²) in [5, 5.41) is 9.50. The van der Waals surface area contributed by atoms with E-state index in [1.54, 1.807) is 26.1 Å². The monoisotopic (exact) mass is 432 g/mol. The van der Waals surface area contributed by atoms with E-state index in [4.69, 9.17) is 0 Å². The lowest BCUT2D eigenvalue weighted by atomic mass is 10.4. The van der Waals surface area contributed by atoms with E-state index in [9.17, 15) is 5.11 Å². The fourth-order valence-corrected chi connectivity index (χ4v) is 2.03. The van der Waals surface area contributed by atoms with E-state index >= 15 is 0 Å². The smallest absolute Gasteiger partial charge is 0.101 e. The number of hydrogen-bond acceptors (Lipinski definition) is 3. The molecular formula is C17H22Br2N2O. The van der Waals surface area contributed by atoms with E-state index in [1.165, 1.54) is 0 Å². The highest BCUT2D eigenvalue weighted by Crippen LogP contribution is 2.20. The van der Waals surface area contributed by atoms with Gasteiger partial charge in [0.05, 0.1) is 5.69 Å². The van der Waals surface area contributed by atoms with Gasteiger partial charge < -0.3 is 5.11 Å². The topological polar surface area (TPSA) is 46.0 Å². The van der Waals surface area contributed by atoms with Crippen molar-refractivity contribution in [3.63, 3.8) is 0 Å². The van der Waals surface area contributed by atoms with Crippen molar-refractivity contribution in [3.05, 3.63) is 57.0 Å². The van der Waals surface area contributed by atoms with Crippen LogP contribution in [-0.2, 0) is 11.0 Å². The lowest BCUT2D eigenvalue weighted by molar-refractivity contribution is 0.0738. The van der Waals surface area contributed by atoms with Crippen molar-refractivity contribution in [2.45, 2.75) is 45.6 Å². The molecule has 0 bridgehead atoms. The molecule has 2 aromatic rings. The molecule has 0 saturated carbocycles. The third-order valence-corrected chi connectivity index (χ3v) is 3.79. The van der Waals surface area contributed by atoms with Gasteiger partial charge in [0.15, 0.2) is 0 Å². The zero-order valence-electron chi connectivity index (χ0n) is 13.6. The maximum absolute atomic E-state index is 9.50. The molecule has 0 aliphatic carbocycles. The van der Waals surface area contributed by atoms with Crippen molar-refractivity contribution in [1.82, 2.24) is 9.97 Å². The van der Waals surface area contributed by atoms with Crippen LogP contribution in [0.15, 0.2) is 45.6 Å². The third kappa shape index (κ3) is 6.55. The Bertz CT molecular complexity index is 527. The summed E-state index contributed by atoms with van der Waals surface area (Å²) >= 11 is 6.62. The molecule has 0 aliphatic heterocycles. The number of nitrogens with zero attached hydrogens (tertiary/aromatic N) is 2. The minimum Gasteiger partial charge on any atom is -0.384 e. The molecule has 3 nitrogen and oxygen atoms in total. The molecule has 5 heteroatoms. The molecule has 0 fully saturated rings. The average molecular weight is 434 g/mol. The molecule has 2 rings (SSSR count). The highest BCUT2D eigenvalue weighted by atomic mass is 79.9. The quantitative estimate of drug-likeness (QED) is 0.670. The van der Waals surface area contributed by atoms with Gasteiger partial charge >= 0.3 is 0 Å². The first-order chi connectivity index (χ1) is 10.00. The molecular weight excluding hydrogens is 412 g/mol. The van der Waals surface area contributed by atoms with Crippen molar-refractivity contribution >= 4 is 31.9 Å². The first kappa shape index (κ1) is 19.3. The number of pyridine rings is 2. The summed E-state index contributed by atoms with van der Waals surface area (Å²) in [5.74, 6) is 0. The van der Waals surface area contributed by atoms with E-state index in [-0.39, 0.29) is 5.41 Å². The van der Waals surface area contributed by atoms with Gasteiger partial charge in [0.2, 0.25) is 0 Å². The standard InChI is InChI=1S/C9H12BrN.C8H10BrNO/c1-9(2,3)8-5-4-7(10)6-11-8;1-8(2,11)7-4-3-6(9)5-10-7/h4-6H,1-3H3;3-5,11H,1-2H3/i9+2;8+2. The van der Waals surface area contributed by atoms with Gasteiger partial charge in [0.25, 0.3) is 0 Å². The van der Waals surface area contributed by atoms with Crippen molar-refractivity contribution in [2.75, 3.05) is 0 Å². The molecule has 0 spiro atoms. The zero-order chi connectivity index (χ0) is 17.0. The first-order valence-electron chi connectivity index (χ1n) is 6.96. The summed E-state index contributed by atoms with van der Waals surface area (Å²) in [7, 11) is 0. The third-order valence-electron chi connectivity index (χ3n) is 2.85. The van der Waals surface area contributed by atoms with E-state index in [0.29, 0.717) is 5.69 Å². The van der Waals surface area contributed by atoms with Crippen molar-refractivity contribution in [3.8, 4) is 0 Å². The van der Waals surface area contributed by atoms with Gasteiger partial charge in [0.1, 0.15) is 5.60 Å². The lowest BCUT2D eigenvalue weighted by Crippen LogP contribution is -2.16. The second-order valence-electron chi connectivity index (χ2n) is 6.53. The molecule has 0 aromatic carbocycles. The maximum atomic E-state index is 9.50. The number of rotatable bonds is 1. The minimum absolute atomic E-state index is 0.153. The molecule has 0 radical (unpaired) electrons. The van der Waals surface area contributed by atoms with Gasteiger partial charge in [-0.05, 0) is 70.0 Å². The molecule has 0 saturated heterocycles. The second kappa shape index (κ2) is 7.66. The van der Waals surface area contributed by atoms with E-state index in [2.05, 4.69) is 62.6 Å². The molecule has 0 aliphatic rings. The van der Waals surface area contributed by atoms with E-state index < -0.39 is 5.60 Å². The Morgan fingerprint density at radius 2 is 1.18 bits per heavy atom. The highest BCUT2D eigenvalue weighted by Gasteiger charge is 2.16. The van der Waals surface area contributed by atoms with Crippen LogP contribution in [0.25, 0.3) is 0 Å². The van der Waals surface area contributed by atoms with Crippen molar-refractivity contribution < 1.29 is 5.11 Å². The molecule has 0 amide bonds. The van der Waals surface area contributed by atoms with Gasteiger partial charge in [0, 0.05) is 32.4 Å². The summed E-state index contributed by atoms with van der Waals surface area (Å²) in [6.07, 6.45) is 3.51. The fourth-order valence-electron chi connectivity index (χ4n) is 1.56. The minimum atomic E-state index is -0.847. The predicted octanol–water partition coefficient (Wildman–Crippen LogP) is 5.21. The van der Waals surface area contributed by atoms with Crippen LogP contribution in [0.1, 0.15) is 46.0 Å². The van der Waals surface area contributed by atoms with Crippen molar-refractivity contribution in [1.29, 1.82) is 0 Å². The molecule has 0 unspecified atom stereocenters. The molecule has 0 atom stereocenters. The van der Waals surface area contributed by atoms with Crippen LogP contribution in [-0.4, -0.2) is 15.1 Å². The first-order valence-corrected chi connectivity index (χ1v) is 8.55. The largest absolute Gasteiger partial charge is 0.384 e. The van der Waals surface area contributed by atoms with Crippen LogP contribution in [0.4, 0.5) is 0 Å². The number of halogens is 2. The Labute approximate surface area is 149 Å². The SMILES string of the molecule is C[14C](C)(C)c1ccc(Br)cn1.C[14C](C)(O)c1ccc(Br)cn1. The number of aliphatic hydroxyl groups is 1. The van der Waals surface area contributed by atoms with Gasteiger partial charge in [-0.3, -0.25) is 9.97 Å². The van der Waals surface area contributed by atoms with Gasteiger partial charge in [-0.2, -0.15) is 0 Å². The van der Waals surface area contributed by atoms with Gasteiger partial charge in [-0.25, -0.2) is 0 Å². The van der Waals surface area contributed by atoms with Crippen LogP contribution in [0, 0.1) is 0 Å². The van der Waals surface area contributed by atoms with Crippen LogP contribution in [0.2, 0.25) is 0 Å². The maximum Gasteiger partial charge on any atom is 0.101 e. The Hall–Kier alpha value is -0.780. The average Bonchev–Trinajstić information content (AvgIpc) is 2.38. The molecule has 120 valence electrons. The molecule has 2 heterocycles. The Morgan fingerprint density at radius 1 is 0.773 bits per heavy atom. The highest BCUT2D eigenvalue weighted by molar-refractivity contribution is 9.10. The summed E-state index contributed by atoms with van der Waals surface area (Å²) < 4.78 is 1.95. The predicted molar refractivity (Wildman–Crippen MR) is 97.8 cm³/mol. The number of hydrogen-bond donors (Lipinski definition) is 1. The Kier molecular flexibility index (Phi) is 6.71. The molecule has 22 heavy (non-hydrogen) atoms. The Morgan fingerprint density at radius 3 is 1.45 bits per heavy atom. The summed E-state index contributed by atoms with van der Waals surface area (Å²) in [6.45, 7) is 9.89. The summed E-state index contributed by atoms with van der Waals surface area (Å²) in [5.41, 5.74) is 1.11. The van der Waals surface area contributed by atoms with Crippen LogP contribution >= 0.6 is 31.9 Å². The van der Waals surface area contributed by atoms with Crippen LogP contribution in [0.5, 0.6) is 0 Å². The molecule has 2 aromatic heterocycles. The van der Waals surface area contributed by atoms with E-state index in [1.807, 2.05) is 24.4 Å². The summed E-state index contributed by atoms with van der Waals surface area (Å²) in [6, 6.07) is 7.72. The summed E-state index contributed by atoms with van der Waals surface area (Å²) in [4.78, 5) is 8.36. The second-order valence-corrected chi connectivity index (χ2v) is 8.36. The number of aromatic nitrogens is 2. The van der Waals surface area contributed by atoms with Gasteiger partial charge in [-0.1, -0.05) is 20.8 Å². The lowest BCUT2D eigenvalue weighted by Gasteiger charge is -2.16. The van der Waals surface area contributed by atoms with Crippen LogP contribution in [0.3, 0.4) is 0 Å². The van der Waals surface area contributed by atoms with Gasteiger partial charge in [-0.15, -0.1) is 0 Å². The fraction of sp³-hybridized carbons (Fsp3) is 0.412. The zero-order valence-corrected chi connectivity index (χ0v) is 16.7. The van der Waals surface area contributed by atoms with Crippen molar-refractivity contribution in [2.24, 2.45) is 0 Å². The normalized spacial score (nSPS) is 11.6. The van der Waals surface area contributed by atoms with E-state index in [0.717, 1.165) is 14.6 Å². The Balaban J connectivity index is 0.000000220. The molecule has 1 N–H and O–H groups in total.